The first-order chi connectivity index (χ1) is 10.5. The lowest BCUT2D eigenvalue weighted by molar-refractivity contribution is 0.0999. The molecule has 0 spiro atoms. The molecule has 116 valence electrons. The third-order valence-corrected chi connectivity index (χ3v) is 3.31. The zero-order valence-corrected chi connectivity index (χ0v) is 12.6. The van der Waals surface area contributed by atoms with Crippen LogP contribution in [0, 0.1) is 13.8 Å². The van der Waals surface area contributed by atoms with Gasteiger partial charge in [-0.25, -0.2) is 9.78 Å². The van der Waals surface area contributed by atoms with Crippen molar-refractivity contribution in [2.75, 3.05) is 11.9 Å². The first kappa shape index (κ1) is 15.6. The molecule has 2 rings (SSSR count). The highest BCUT2D eigenvalue weighted by Crippen LogP contribution is 2.14. The van der Waals surface area contributed by atoms with Crippen LogP contribution in [-0.2, 0) is 6.54 Å². The standard InChI is InChI=1S/C15H19N5O2/c1-10-9-12(3-4-13(10)14(16)21)19-15(22)18-6-8-20-7-5-17-11(20)2/h3-5,7,9H,6,8H2,1-2H3,(H2,16,21)(H2,18,19,22). The molecular weight excluding hydrogens is 282 g/mol. The van der Waals surface area contributed by atoms with Gasteiger partial charge < -0.3 is 20.9 Å². The van der Waals surface area contributed by atoms with Gasteiger partial charge in [-0.2, -0.15) is 0 Å². The number of aromatic nitrogens is 2. The predicted molar refractivity (Wildman–Crippen MR) is 83.7 cm³/mol. The van der Waals surface area contributed by atoms with Crippen molar-refractivity contribution in [2.45, 2.75) is 20.4 Å². The largest absolute Gasteiger partial charge is 0.366 e. The number of hydrogen-bond acceptors (Lipinski definition) is 3. The van der Waals surface area contributed by atoms with Crippen LogP contribution in [0.15, 0.2) is 30.6 Å². The van der Waals surface area contributed by atoms with Crippen LogP contribution in [-0.4, -0.2) is 28.0 Å². The second kappa shape index (κ2) is 6.75. The molecule has 0 fully saturated rings. The van der Waals surface area contributed by atoms with Crippen LogP contribution in [0.2, 0.25) is 0 Å². The van der Waals surface area contributed by atoms with Gasteiger partial charge in [-0.05, 0) is 37.6 Å². The zero-order valence-electron chi connectivity index (χ0n) is 12.6. The van der Waals surface area contributed by atoms with E-state index in [1.54, 1.807) is 31.3 Å². The molecule has 1 aromatic carbocycles. The quantitative estimate of drug-likeness (QED) is 0.778. The second-order valence-electron chi connectivity index (χ2n) is 4.94. The number of aryl methyl sites for hydroxylation is 2. The Labute approximate surface area is 128 Å². The van der Waals surface area contributed by atoms with E-state index in [0.29, 0.717) is 24.3 Å². The van der Waals surface area contributed by atoms with Crippen molar-refractivity contribution >= 4 is 17.6 Å². The van der Waals surface area contributed by atoms with Crippen LogP contribution in [0.4, 0.5) is 10.5 Å². The van der Waals surface area contributed by atoms with Crippen molar-refractivity contribution in [3.63, 3.8) is 0 Å². The third kappa shape index (κ3) is 3.85. The summed E-state index contributed by atoms with van der Waals surface area (Å²) in [7, 11) is 0. The van der Waals surface area contributed by atoms with Gasteiger partial charge in [0, 0.05) is 36.7 Å². The first-order valence-corrected chi connectivity index (χ1v) is 6.90. The number of primary amides is 1. The van der Waals surface area contributed by atoms with Gasteiger partial charge in [0.25, 0.3) is 0 Å². The number of urea groups is 1. The van der Waals surface area contributed by atoms with Gasteiger partial charge in [-0.3, -0.25) is 4.79 Å². The number of imidazole rings is 1. The molecule has 2 aromatic rings. The monoisotopic (exact) mass is 301 g/mol. The van der Waals surface area contributed by atoms with Gasteiger partial charge in [-0.15, -0.1) is 0 Å². The molecule has 0 radical (unpaired) electrons. The molecule has 7 heteroatoms. The summed E-state index contributed by atoms with van der Waals surface area (Å²) in [5.41, 5.74) is 7.02. The number of anilines is 1. The second-order valence-corrected chi connectivity index (χ2v) is 4.94. The third-order valence-electron chi connectivity index (χ3n) is 3.31. The highest BCUT2D eigenvalue weighted by molar-refractivity contribution is 5.95. The fraction of sp³-hybridized carbons (Fsp3) is 0.267. The van der Waals surface area contributed by atoms with Gasteiger partial charge in [0.15, 0.2) is 0 Å². The van der Waals surface area contributed by atoms with Crippen LogP contribution in [0.5, 0.6) is 0 Å². The van der Waals surface area contributed by atoms with Crippen LogP contribution in [0.25, 0.3) is 0 Å². The molecule has 0 aliphatic heterocycles. The van der Waals surface area contributed by atoms with Crippen LogP contribution in [0.1, 0.15) is 21.7 Å². The molecule has 4 N–H and O–H groups in total. The molecule has 0 saturated heterocycles. The molecule has 7 nitrogen and oxygen atoms in total. The molecule has 0 bridgehead atoms. The summed E-state index contributed by atoms with van der Waals surface area (Å²) in [5.74, 6) is 0.420. The molecule has 0 aliphatic rings. The SMILES string of the molecule is Cc1cc(NC(=O)NCCn2ccnc2C)ccc1C(N)=O. The lowest BCUT2D eigenvalue weighted by Crippen LogP contribution is -2.31. The van der Waals surface area contributed by atoms with E-state index in [0.717, 1.165) is 11.4 Å². The minimum atomic E-state index is -0.482. The molecule has 22 heavy (non-hydrogen) atoms. The number of nitrogens with two attached hydrogens (primary N) is 1. The van der Waals surface area contributed by atoms with Crippen molar-refractivity contribution in [3.05, 3.63) is 47.5 Å². The van der Waals surface area contributed by atoms with E-state index in [1.807, 2.05) is 17.7 Å². The fourth-order valence-corrected chi connectivity index (χ4v) is 2.12. The number of carbonyl (C=O) groups is 2. The summed E-state index contributed by atoms with van der Waals surface area (Å²) < 4.78 is 1.95. The Balaban J connectivity index is 1.85. The summed E-state index contributed by atoms with van der Waals surface area (Å²) >= 11 is 0. The Morgan fingerprint density at radius 2 is 2.09 bits per heavy atom. The van der Waals surface area contributed by atoms with E-state index in [-0.39, 0.29) is 6.03 Å². The van der Waals surface area contributed by atoms with E-state index < -0.39 is 5.91 Å². The van der Waals surface area contributed by atoms with E-state index in [1.165, 1.54) is 0 Å². The smallest absolute Gasteiger partial charge is 0.319 e. The minimum absolute atomic E-state index is 0.302. The van der Waals surface area contributed by atoms with Crippen LogP contribution >= 0.6 is 0 Å². The molecular formula is C15H19N5O2. The molecule has 0 unspecified atom stereocenters. The van der Waals surface area contributed by atoms with E-state index >= 15 is 0 Å². The molecule has 1 heterocycles. The summed E-state index contributed by atoms with van der Waals surface area (Å²) in [6.45, 7) is 4.81. The first-order valence-electron chi connectivity index (χ1n) is 6.90. The van der Waals surface area contributed by atoms with E-state index in [4.69, 9.17) is 5.73 Å². The number of hydrogen-bond donors (Lipinski definition) is 3. The maximum absolute atomic E-state index is 11.8. The Morgan fingerprint density at radius 1 is 1.32 bits per heavy atom. The van der Waals surface area contributed by atoms with Gasteiger partial charge in [-0.1, -0.05) is 0 Å². The van der Waals surface area contributed by atoms with Gasteiger partial charge in [0.1, 0.15) is 5.82 Å². The number of benzene rings is 1. The maximum Gasteiger partial charge on any atom is 0.319 e. The number of nitrogens with zero attached hydrogens (tertiary/aromatic N) is 2. The Kier molecular flexibility index (Phi) is 4.77. The van der Waals surface area contributed by atoms with Crippen molar-refractivity contribution in [1.82, 2.24) is 14.9 Å². The maximum atomic E-state index is 11.8. The average Bonchev–Trinajstić information content (AvgIpc) is 2.84. The molecule has 0 atom stereocenters. The zero-order chi connectivity index (χ0) is 16.1. The summed E-state index contributed by atoms with van der Waals surface area (Å²) in [5, 5.41) is 5.48. The van der Waals surface area contributed by atoms with E-state index in [2.05, 4.69) is 15.6 Å². The summed E-state index contributed by atoms with van der Waals surface area (Å²) in [6.07, 6.45) is 3.58. The highest BCUT2D eigenvalue weighted by Gasteiger charge is 2.07. The topological polar surface area (TPSA) is 102 Å². The number of rotatable bonds is 5. The van der Waals surface area contributed by atoms with Crippen LogP contribution in [0.3, 0.4) is 0 Å². The normalized spacial score (nSPS) is 10.3. The predicted octanol–water partition coefficient (Wildman–Crippen LogP) is 1.42. The number of carbonyl (C=O) groups excluding carboxylic acids is 2. The Bertz CT molecular complexity index is 693. The van der Waals surface area contributed by atoms with E-state index in [9.17, 15) is 9.59 Å². The minimum Gasteiger partial charge on any atom is -0.366 e. The van der Waals surface area contributed by atoms with Gasteiger partial charge >= 0.3 is 6.03 Å². The number of amides is 3. The number of nitrogens with one attached hydrogen (secondary N) is 2. The van der Waals surface area contributed by atoms with Crippen molar-refractivity contribution < 1.29 is 9.59 Å². The van der Waals surface area contributed by atoms with Crippen LogP contribution < -0.4 is 16.4 Å². The molecule has 0 saturated carbocycles. The lowest BCUT2D eigenvalue weighted by atomic mass is 10.1. The van der Waals surface area contributed by atoms with Crippen molar-refractivity contribution in [3.8, 4) is 0 Å². The summed E-state index contributed by atoms with van der Waals surface area (Å²) in [4.78, 5) is 27.1. The fourth-order valence-electron chi connectivity index (χ4n) is 2.12. The van der Waals surface area contributed by atoms with Gasteiger partial charge in [0.05, 0.1) is 0 Å². The lowest BCUT2D eigenvalue weighted by Gasteiger charge is -2.10. The van der Waals surface area contributed by atoms with Crippen molar-refractivity contribution in [1.29, 1.82) is 0 Å². The average molecular weight is 301 g/mol. The van der Waals surface area contributed by atoms with Gasteiger partial charge in [0.2, 0.25) is 5.91 Å². The Hall–Kier alpha value is -2.83. The van der Waals surface area contributed by atoms with Crippen molar-refractivity contribution in [2.24, 2.45) is 5.73 Å². The summed E-state index contributed by atoms with van der Waals surface area (Å²) in [6, 6.07) is 4.65. The molecule has 3 amide bonds. The molecule has 1 aromatic heterocycles. The molecule has 0 aliphatic carbocycles. The highest BCUT2D eigenvalue weighted by atomic mass is 16.2. The Morgan fingerprint density at radius 3 is 2.68 bits per heavy atom.